The molecule has 1 N–H and O–H groups in total. The zero-order valence-corrected chi connectivity index (χ0v) is 23.1. The summed E-state index contributed by atoms with van der Waals surface area (Å²) < 4.78 is 62.3. The molecular weight excluding hydrogens is 541 g/mol. The molecule has 2 unspecified atom stereocenters. The largest absolute Gasteiger partial charge is 0.588 e. The maximum absolute atomic E-state index is 12.9. The van der Waals surface area contributed by atoms with Crippen molar-refractivity contribution in [2.24, 2.45) is 7.05 Å². The molecule has 1 fully saturated rings. The summed E-state index contributed by atoms with van der Waals surface area (Å²) in [6, 6.07) is 13.0. The van der Waals surface area contributed by atoms with Crippen LogP contribution in [0.2, 0.25) is 0 Å². The number of alkyl halides is 3. The van der Waals surface area contributed by atoms with Crippen LogP contribution in [0.1, 0.15) is 28.7 Å². The Bertz CT molecular complexity index is 1460. The summed E-state index contributed by atoms with van der Waals surface area (Å²) in [5.41, 5.74) is 3.81. The molecule has 2 aromatic carbocycles. The summed E-state index contributed by atoms with van der Waals surface area (Å²) >= 11 is -1.63. The Balaban J connectivity index is 1.33. The lowest BCUT2D eigenvalue weighted by Crippen LogP contribution is -2.25. The second-order valence-corrected chi connectivity index (χ2v) is 11.1. The molecule has 0 aliphatic carbocycles. The number of aryl methyl sites for hydroxylation is 3. The minimum atomic E-state index is -4.35. The van der Waals surface area contributed by atoms with Gasteiger partial charge in [-0.2, -0.15) is 28.0 Å². The first-order valence-corrected chi connectivity index (χ1v) is 13.9. The van der Waals surface area contributed by atoms with E-state index in [0.717, 1.165) is 47.4 Å². The van der Waals surface area contributed by atoms with E-state index in [1.807, 2.05) is 32.0 Å². The lowest BCUT2D eigenvalue weighted by atomic mass is 10.00. The van der Waals surface area contributed by atoms with Gasteiger partial charge in [-0.05, 0) is 49.1 Å². The second kappa shape index (κ2) is 11.5. The van der Waals surface area contributed by atoms with Gasteiger partial charge in [-0.3, -0.25) is 9.58 Å². The average molecular weight is 571 g/mol. The maximum Gasteiger partial charge on any atom is 0.416 e. The fourth-order valence-electron chi connectivity index (χ4n) is 4.78. The first-order chi connectivity index (χ1) is 19.0. The molecule has 0 spiro atoms. The van der Waals surface area contributed by atoms with Gasteiger partial charge in [0.1, 0.15) is 23.7 Å². The predicted molar refractivity (Wildman–Crippen MR) is 146 cm³/mol. The Labute approximate surface area is 233 Å². The Kier molecular flexibility index (Phi) is 8.02. The molecule has 40 heavy (non-hydrogen) atoms. The summed E-state index contributed by atoms with van der Waals surface area (Å²) in [6.45, 7) is 5.85. The fourth-order valence-corrected chi connectivity index (χ4v) is 5.55. The van der Waals surface area contributed by atoms with Crippen molar-refractivity contribution in [2.45, 2.75) is 44.0 Å². The monoisotopic (exact) mass is 570 g/mol. The number of hydrogen-bond acceptors (Lipinski definition) is 7. The van der Waals surface area contributed by atoms with Gasteiger partial charge >= 0.3 is 6.18 Å². The number of halogens is 3. The van der Waals surface area contributed by atoms with Gasteiger partial charge in [0.25, 0.3) is 5.95 Å². The van der Waals surface area contributed by atoms with Crippen molar-refractivity contribution in [3.05, 3.63) is 83.2 Å². The summed E-state index contributed by atoms with van der Waals surface area (Å²) in [5, 5.41) is 4.07. The van der Waals surface area contributed by atoms with Gasteiger partial charge in [0, 0.05) is 38.3 Å². The fraction of sp³-hybridized carbons (Fsp3) is 0.321. The lowest BCUT2D eigenvalue weighted by molar-refractivity contribution is -0.137. The van der Waals surface area contributed by atoms with Gasteiger partial charge in [-0.1, -0.05) is 30.3 Å². The topological polar surface area (TPSA) is 91.2 Å². The summed E-state index contributed by atoms with van der Waals surface area (Å²) in [5.74, 6) is 0.511. The molecule has 3 heterocycles. The minimum Gasteiger partial charge on any atom is -0.588 e. The Morgan fingerprint density at radius 3 is 2.48 bits per heavy atom. The maximum atomic E-state index is 12.9. The molecule has 1 aliphatic heterocycles. The summed E-state index contributed by atoms with van der Waals surface area (Å²) in [6.07, 6.45) is -0.629. The highest BCUT2D eigenvalue weighted by molar-refractivity contribution is 7.92. The van der Waals surface area contributed by atoms with Gasteiger partial charge in [-0.15, -0.1) is 0 Å². The second-order valence-electron chi connectivity index (χ2n) is 9.86. The van der Waals surface area contributed by atoms with Crippen molar-refractivity contribution in [1.82, 2.24) is 24.6 Å². The van der Waals surface area contributed by atoms with E-state index < -0.39 is 23.1 Å². The summed E-state index contributed by atoms with van der Waals surface area (Å²) in [7, 11) is 1.74. The predicted octanol–water partition coefficient (Wildman–Crippen LogP) is 5.30. The molecular formula is C28H29F3N6O2S. The van der Waals surface area contributed by atoms with Gasteiger partial charge in [0.15, 0.2) is 0 Å². The zero-order valence-electron chi connectivity index (χ0n) is 22.3. The number of hydrogen-bond donors (Lipinski definition) is 1. The number of anilines is 1. The van der Waals surface area contributed by atoms with Gasteiger partial charge in [-0.25, -0.2) is 4.98 Å². The highest BCUT2D eigenvalue weighted by Crippen LogP contribution is 2.31. The van der Waals surface area contributed by atoms with E-state index in [1.165, 1.54) is 18.3 Å². The molecule has 12 heteroatoms. The molecule has 0 amide bonds. The van der Waals surface area contributed by atoms with Crippen molar-refractivity contribution < 1.29 is 22.5 Å². The molecule has 2 atom stereocenters. The number of ether oxygens (including phenoxy) is 1. The van der Waals surface area contributed by atoms with E-state index in [2.05, 4.69) is 24.7 Å². The molecule has 8 nitrogen and oxygen atoms in total. The first kappa shape index (κ1) is 27.9. The van der Waals surface area contributed by atoms with E-state index in [1.54, 1.807) is 24.0 Å². The molecule has 210 valence electrons. The van der Waals surface area contributed by atoms with Gasteiger partial charge < -0.3 is 9.29 Å². The Hall–Kier alpha value is -3.61. The van der Waals surface area contributed by atoms with Crippen LogP contribution in [0.4, 0.5) is 19.1 Å². The van der Waals surface area contributed by atoms with E-state index >= 15 is 0 Å². The molecule has 0 bridgehead atoms. The third-order valence-electron chi connectivity index (χ3n) is 6.72. The minimum absolute atomic E-state index is 0.164. The molecule has 1 saturated heterocycles. The molecule has 2 aromatic heterocycles. The van der Waals surface area contributed by atoms with Crippen LogP contribution in [-0.4, -0.2) is 48.4 Å². The van der Waals surface area contributed by atoms with Crippen LogP contribution in [0.15, 0.2) is 65.8 Å². The normalized spacial score (nSPS) is 16.7. The van der Waals surface area contributed by atoms with Crippen LogP contribution in [-0.2, 0) is 31.1 Å². The number of benzene rings is 2. The van der Waals surface area contributed by atoms with Crippen molar-refractivity contribution in [3.63, 3.8) is 0 Å². The SMILES string of the molecule is Cc1cccc(C)c1-c1cc(OC2CCN(Cc3ccc(C(F)(F)F)cc3)C2)nc(N[S+]([O-])c2cnn(C)c2)n1. The number of likely N-dealkylation sites (tertiary alicyclic amines) is 1. The van der Waals surface area contributed by atoms with Gasteiger partial charge in [0.05, 0.1) is 17.5 Å². The molecule has 1 aliphatic rings. The number of nitrogens with one attached hydrogen (secondary N) is 1. The van der Waals surface area contributed by atoms with Crippen LogP contribution < -0.4 is 9.46 Å². The van der Waals surface area contributed by atoms with Crippen molar-refractivity contribution in [1.29, 1.82) is 0 Å². The average Bonchev–Trinajstić information content (AvgIpc) is 3.52. The van der Waals surface area contributed by atoms with Crippen molar-refractivity contribution in [2.75, 3.05) is 17.8 Å². The molecule has 4 aromatic rings. The highest BCUT2D eigenvalue weighted by Gasteiger charge is 2.30. The Morgan fingerprint density at radius 2 is 1.82 bits per heavy atom. The van der Waals surface area contributed by atoms with E-state index in [4.69, 9.17) is 4.74 Å². The highest BCUT2D eigenvalue weighted by atomic mass is 32.2. The van der Waals surface area contributed by atoms with Crippen LogP contribution >= 0.6 is 0 Å². The van der Waals surface area contributed by atoms with E-state index in [0.29, 0.717) is 29.6 Å². The molecule has 0 saturated carbocycles. The number of rotatable bonds is 8. The van der Waals surface area contributed by atoms with E-state index in [9.17, 15) is 17.7 Å². The third kappa shape index (κ3) is 6.57. The number of aromatic nitrogens is 4. The first-order valence-electron chi connectivity index (χ1n) is 12.7. The zero-order chi connectivity index (χ0) is 28.4. The molecule has 0 radical (unpaired) electrons. The van der Waals surface area contributed by atoms with Crippen LogP contribution in [0.3, 0.4) is 0 Å². The van der Waals surface area contributed by atoms with Gasteiger partial charge in [0.2, 0.25) is 10.8 Å². The smallest absolute Gasteiger partial charge is 0.416 e. The standard InChI is InChI=1S/C28H29F3N6O2S/c1-18-5-4-6-19(2)26(18)24-13-25(34-27(33-24)35-40(38)23-14-32-36(3)17-23)39-22-11-12-37(16-22)15-20-7-9-21(10-8-20)28(29,30)31/h4-10,13-14,17,22H,11-12,15-16H2,1-3H3,(H,33,34,35). The third-order valence-corrected chi connectivity index (χ3v) is 7.73. The van der Waals surface area contributed by atoms with Crippen molar-refractivity contribution in [3.8, 4) is 17.1 Å². The quantitative estimate of drug-likeness (QED) is 0.288. The molecule has 5 rings (SSSR count). The Morgan fingerprint density at radius 1 is 1.10 bits per heavy atom. The van der Waals surface area contributed by atoms with Crippen LogP contribution in [0.25, 0.3) is 11.3 Å². The summed E-state index contributed by atoms with van der Waals surface area (Å²) in [4.78, 5) is 11.8. The van der Waals surface area contributed by atoms with E-state index in [-0.39, 0.29) is 12.1 Å². The van der Waals surface area contributed by atoms with Crippen LogP contribution in [0.5, 0.6) is 5.88 Å². The van der Waals surface area contributed by atoms with Crippen molar-refractivity contribution >= 4 is 17.3 Å². The van der Waals surface area contributed by atoms with Crippen LogP contribution in [0, 0.1) is 13.8 Å². The lowest BCUT2D eigenvalue weighted by Gasteiger charge is -2.18. The number of nitrogens with zero attached hydrogens (tertiary/aromatic N) is 5.